The third-order valence-electron chi connectivity index (χ3n) is 2.27. The zero-order chi connectivity index (χ0) is 13.0. The lowest BCUT2D eigenvalue weighted by atomic mass is 9.93. The molecule has 0 aromatic heterocycles. The van der Waals surface area contributed by atoms with Crippen molar-refractivity contribution < 1.29 is 13.2 Å². The van der Waals surface area contributed by atoms with Crippen LogP contribution in [0.3, 0.4) is 0 Å². The van der Waals surface area contributed by atoms with Crippen molar-refractivity contribution in [3.05, 3.63) is 0 Å². The van der Waals surface area contributed by atoms with E-state index in [9.17, 15) is 13.2 Å². The molecule has 0 heterocycles. The average molecular weight is 251 g/mol. The zero-order valence-corrected chi connectivity index (χ0v) is 11.1. The van der Waals surface area contributed by atoms with E-state index in [0.29, 0.717) is 13.1 Å². The lowest BCUT2D eigenvalue weighted by molar-refractivity contribution is -0.128. The van der Waals surface area contributed by atoms with Crippen LogP contribution in [0.1, 0.15) is 13.8 Å². The molecule has 0 aromatic rings. The van der Waals surface area contributed by atoms with Gasteiger partial charge >= 0.3 is 0 Å². The van der Waals surface area contributed by atoms with Crippen LogP contribution >= 0.6 is 0 Å². The SMILES string of the molecule is CNS(=O)(=O)CC(=O)N(C)CC(C)(C)CN. The van der Waals surface area contributed by atoms with Crippen molar-refractivity contribution >= 4 is 15.9 Å². The molecule has 0 unspecified atom stereocenters. The first kappa shape index (κ1) is 15.3. The molecule has 0 aliphatic carbocycles. The van der Waals surface area contributed by atoms with Crippen LogP contribution in [0.15, 0.2) is 0 Å². The fraction of sp³-hybridized carbons (Fsp3) is 0.889. The fourth-order valence-corrected chi connectivity index (χ4v) is 1.83. The summed E-state index contributed by atoms with van der Waals surface area (Å²) in [6, 6.07) is 0. The first-order valence-corrected chi connectivity index (χ1v) is 6.64. The van der Waals surface area contributed by atoms with Gasteiger partial charge in [-0.25, -0.2) is 13.1 Å². The second kappa shape index (κ2) is 5.60. The summed E-state index contributed by atoms with van der Waals surface area (Å²) in [6.07, 6.45) is 0. The summed E-state index contributed by atoms with van der Waals surface area (Å²) in [7, 11) is -0.640. The minimum Gasteiger partial charge on any atom is -0.344 e. The number of carbonyl (C=O) groups excluding carboxylic acids is 1. The van der Waals surface area contributed by atoms with Crippen molar-refractivity contribution in [2.75, 3.05) is 32.9 Å². The number of rotatable bonds is 6. The second-order valence-electron chi connectivity index (χ2n) is 4.58. The van der Waals surface area contributed by atoms with E-state index in [1.54, 1.807) is 7.05 Å². The van der Waals surface area contributed by atoms with Gasteiger partial charge in [-0.2, -0.15) is 0 Å². The van der Waals surface area contributed by atoms with Gasteiger partial charge in [0.2, 0.25) is 15.9 Å². The van der Waals surface area contributed by atoms with E-state index in [4.69, 9.17) is 5.73 Å². The molecule has 0 bridgehead atoms. The maximum Gasteiger partial charge on any atom is 0.238 e. The Morgan fingerprint density at radius 2 is 1.94 bits per heavy atom. The van der Waals surface area contributed by atoms with E-state index in [-0.39, 0.29) is 5.41 Å². The molecular formula is C9H21N3O3S. The first-order chi connectivity index (χ1) is 7.13. The molecule has 0 atom stereocenters. The van der Waals surface area contributed by atoms with E-state index < -0.39 is 21.7 Å². The minimum absolute atomic E-state index is 0.214. The van der Waals surface area contributed by atoms with E-state index in [0.717, 1.165) is 0 Å². The van der Waals surface area contributed by atoms with Gasteiger partial charge in [0.25, 0.3) is 0 Å². The largest absolute Gasteiger partial charge is 0.344 e. The van der Waals surface area contributed by atoms with Gasteiger partial charge < -0.3 is 10.6 Å². The van der Waals surface area contributed by atoms with E-state index in [1.807, 2.05) is 13.8 Å². The highest BCUT2D eigenvalue weighted by Gasteiger charge is 2.23. The first-order valence-electron chi connectivity index (χ1n) is 4.99. The van der Waals surface area contributed by atoms with Crippen LogP contribution in [-0.4, -0.2) is 52.2 Å². The van der Waals surface area contributed by atoms with Crippen LogP contribution in [0.25, 0.3) is 0 Å². The van der Waals surface area contributed by atoms with Gasteiger partial charge in [0.1, 0.15) is 5.75 Å². The van der Waals surface area contributed by atoms with Gasteiger partial charge in [0.15, 0.2) is 0 Å². The Kier molecular flexibility index (Phi) is 5.37. The smallest absolute Gasteiger partial charge is 0.238 e. The molecule has 0 radical (unpaired) electrons. The van der Waals surface area contributed by atoms with E-state index >= 15 is 0 Å². The lowest BCUT2D eigenvalue weighted by Crippen LogP contribution is -2.43. The Morgan fingerprint density at radius 3 is 2.31 bits per heavy atom. The zero-order valence-electron chi connectivity index (χ0n) is 10.3. The number of sulfonamides is 1. The summed E-state index contributed by atoms with van der Waals surface area (Å²) in [5, 5.41) is 0. The molecule has 0 aliphatic heterocycles. The monoisotopic (exact) mass is 251 g/mol. The third-order valence-corrected chi connectivity index (χ3v) is 3.52. The Balaban J connectivity index is 4.42. The van der Waals surface area contributed by atoms with Crippen LogP contribution in [-0.2, 0) is 14.8 Å². The topological polar surface area (TPSA) is 92.5 Å². The molecule has 3 N–H and O–H groups in total. The van der Waals surface area contributed by atoms with Crippen LogP contribution in [0.4, 0.5) is 0 Å². The molecule has 0 rings (SSSR count). The summed E-state index contributed by atoms with van der Waals surface area (Å²) < 4.78 is 24.4. The van der Waals surface area contributed by atoms with Crippen LogP contribution in [0.5, 0.6) is 0 Å². The number of amides is 1. The number of carbonyl (C=O) groups is 1. The summed E-state index contributed by atoms with van der Waals surface area (Å²) in [5.41, 5.74) is 5.33. The van der Waals surface area contributed by atoms with Gasteiger partial charge in [0.05, 0.1) is 0 Å². The molecule has 1 amide bonds. The highest BCUT2D eigenvalue weighted by Crippen LogP contribution is 2.13. The average Bonchev–Trinajstić information content (AvgIpc) is 2.16. The van der Waals surface area contributed by atoms with Gasteiger partial charge in [-0.3, -0.25) is 4.79 Å². The molecule has 0 aromatic carbocycles. The van der Waals surface area contributed by atoms with Crippen molar-refractivity contribution in [2.45, 2.75) is 13.8 Å². The third kappa shape index (κ3) is 5.43. The predicted molar refractivity (Wildman–Crippen MR) is 63.3 cm³/mol. The molecule has 6 nitrogen and oxygen atoms in total. The molecule has 0 saturated heterocycles. The molecule has 7 heteroatoms. The summed E-state index contributed by atoms with van der Waals surface area (Å²) in [4.78, 5) is 13.0. The summed E-state index contributed by atoms with van der Waals surface area (Å²) in [5.74, 6) is -0.962. The highest BCUT2D eigenvalue weighted by atomic mass is 32.2. The predicted octanol–water partition coefficient (Wildman–Crippen LogP) is -1.02. The molecule has 0 spiro atoms. The van der Waals surface area contributed by atoms with Crippen molar-refractivity contribution in [3.63, 3.8) is 0 Å². The minimum atomic E-state index is -3.50. The molecule has 16 heavy (non-hydrogen) atoms. The number of hydrogen-bond donors (Lipinski definition) is 2. The van der Waals surface area contributed by atoms with Crippen molar-refractivity contribution in [1.82, 2.24) is 9.62 Å². The Hall–Kier alpha value is -0.660. The molecule has 0 fully saturated rings. The van der Waals surface area contributed by atoms with Crippen LogP contribution in [0.2, 0.25) is 0 Å². The van der Waals surface area contributed by atoms with Crippen molar-refractivity contribution in [3.8, 4) is 0 Å². The second-order valence-corrected chi connectivity index (χ2v) is 6.51. The molecule has 0 aliphatic rings. The number of hydrogen-bond acceptors (Lipinski definition) is 4. The Labute approximate surface area is 97.2 Å². The number of nitrogens with zero attached hydrogens (tertiary/aromatic N) is 1. The maximum atomic E-state index is 11.6. The molecular weight excluding hydrogens is 230 g/mol. The van der Waals surface area contributed by atoms with E-state index in [1.165, 1.54) is 11.9 Å². The van der Waals surface area contributed by atoms with Crippen molar-refractivity contribution in [1.29, 1.82) is 0 Å². The summed E-state index contributed by atoms with van der Waals surface area (Å²) >= 11 is 0. The normalized spacial score (nSPS) is 12.6. The van der Waals surface area contributed by atoms with Crippen LogP contribution < -0.4 is 10.5 Å². The van der Waals surface area contributed by atoms with Crippen molar-refractivity contribution in [2.24, 2.45) is 11.1 Å². The van der Waals surface area contributed by atoms with E-state index in [2.05, 4.69) is 4.72 Å². The maximum absolute atomic E-state index is 11.6. The highest BCUT2D eigenvalue weighted by molar-refractivity contribution is 7.90. The number of nitrogens with two attached hydrogens (primary N) is 1. The van der Waals surface area contributed by atoms with Gasteiger partial charge in [-0.05, 0) is 19.0 Å². The van der Waals surface area contributed by atoms with Crippen LogP contribution in [0, 0.1) is 5.41 Å². The van der Waals surface area contributed by atoms with Gasteiger partial charge in [0, 0.05) is 13.6 Å². The molecule has 0 saturated carbocycles. The fourth-order valence-electron chi connectivity index (χ4n) is 1.14. The standard InChI is InChI=1S/C9H21N3O3S/c1-9(2,6-10)7-12(4)8(13)5-16(14,15)11-3/h11H,5-7,10H2,1-4H3. The van der Waals surface area contributed by atoms with Gasteiger partial charge in [-0.1, -0.05) is 13.8 Å². The number of nitrogens with one attached hydrogen (secondary N) is 1. The lowest BCUT2D eigenvalue weighted by Gasteiger charge is -2.28. The Bertz CT molecular complexity index is 338. The quantitative estimate of drug-likeness (QED) is 0.632. The van der Waals surface area contributed by atoms with Gasteiger partial charge in [-0.15, -0.1) is 0 Å². The Morgan fingerprint density at radius 1 is 1.44 bits per heavy atom. The molecule has 96 valence electrons. The summed E-state index contributed by atoms with van der Waals surface area (Å²) in [6.45, 7) is 4.71.